The van der Waals surface area contributed by atoms with E-state index in [1.54, 1.807) is 0 Å². The normalized spacial score (nSPS) is 17.6. The molecule has 0 bridgehead atoms. The second kappa shape index (κ2) is 5.96. The largest absolute Gasteiger partial charge is 0.296 e. The van der Waals surface area contributed by atoms with Crippen LogP contribution in [-0.4, -0.2) is 18.3 Å². The lowest BCUT2D eigenvalue weighted by Gasteiger charge is -2.13. The molecule has 0 spiro atoms. The van der Waals surface area contributed by atoms with E-state index < -0.39 is 0 Å². The lowest BCUT2D eigenvalue weighted by atomic mass is 10.0. The van der Waals surface area contributed by atoms with Gasteiger partial charge < -0.3 is 0 Å². The maximum Gasteiger partial charge on any atom is 0.0632 e. The number of hydrogen-bond acceptors (Lipinski definition) is 3. The number of aliphatic imine (C=N–C) groups is 2. The Labute approximate surface area is 144 Å². The lowest BCUT2D eigenvalue weighted by molar-refractivity contribution is 1.08. The van der Waals surface area contributed by atoms with Crippen molar-refractivity contribution in [1.29, 1.82) is 0 Å². The summed E-state index contributed by atoms with van der Waals surface area (Å²) in [6.45, 7) is 8.49. The quantitative estimate of drug-likeness (QED) is 0.674. The third-order valence-corrected chi connectivity index (χ3v) is 6.03. The maximum absolute atomic E-state index is 6.52. The molecule has 0 aromatic heterocycles. The van der Waals surface area contributed by atoms with Gasteiger partial charge in [0, 0.05) is 4.86 Å². The number of fused-ring (bicyclic) bond motifs is 4. The highest BCUT2D eigenvalue weighted by molar-refractivity contribution is 8.21. The first kappa shape index (κ1) is 15.2. The van der Waals surface area contributed by atoms with Crippen LogP contribution in [0.2, 0.25) is 0 Å². The third-order valence-electron chi connectivity index (χ3n) is 4.58. The molecule has 1 unspecified atom stereocenters. The first-order valence-electron chi connectivity index (χ1n) is 7.87. The van der Waals surface area contributed by atoms with Gasteiger partial charge >= 0.3 is 0 Å². The Bertz CT molecular complexity index is 1030. The minimum absolute atomic E-state index is 0.368. The molecule has 4 rings (SSSR count). The minimum Gasteiger partial charge on any atom is -0.296 e. The molecule has 1 aliphatic carbocycles. The Morgan fingerprint density at radius 2 is 1.71 bits per heavy atom. The highest BCUT2D eigenvalue weighted by Crippen LogP contribution is 2.34. The van der Waals surface area contributed by atoms with E-state index in [4.69, 9.17) is 5.14 Å². The summed E-state index contributed by atoms with van der Waals surface area (Å²) in [7, 11) is -0.368. The Balaban J connectivity index is 1.95. The fourth-order valence-electron chi connectivity index (χ4n) is 3.53. The standard InChI is InChI=1S/C20H19N3S/c1-22-10-13-4-6-16-12-24(21)20-18-8-14(11-23-2)3-5-15(18)9-19(20)17(16)7-13/h3-8,12H,1-2,9-11,21H2. The van der Waals surface area contributed by atoms with Crippen LogP contribution in [0.5, 0.6) is 0 Å². The number of benzene rings is 2. The Morgan fingerprint density at radius 1 is 1.00 bits per heavy atom. The SMILES string of the molecule is C=NCc1ccc2c(c1)C1=S(N)C=c3ccc(CN=C)cc3=C1C2. The van der Waals surface area contributed by atoms with Gasteiger partial charge in [0.15, 0.2) is 0 Å². The predicted molar refractivity (Wildman–Crippen MR) is 106 cm³/mol. The van der Waals surface area contributed by atoms with Gasteiger partial charge in [-0.15, -0.1) is 0 Å². The van der Waals surface area contributed by atoms with Crippen molar-refractivity contribution in [2.75, 3.05) is 0 Å². The predicted octanol–water partition coefficient (Wildman–Crippen LogP) is 1.91. The van der Waals surface area contributed by atoms with Crippen molar-refractivity contribution in [2.24, 2.45) is 15.1 Å². The molecule has 2 N–H and O–H groups in total. The molecule has 1 atom stereocenters. The zero-order valence-electron chi connectivity index (χ0n) is 13.5. The zero-order valence-corrected chi connectivity index (χ0v) is 14.3. The molecule has 0 saturated heterocycles. The summed E-state index contributed by atoms with van der Waals surface area (Å²) in [6.07, 6.45) is 0.943. The highest BCUT2D eigenvalue weighted by Gasteiger charge is 2.26. The Kier molecular flexibility index (Phi) is 3.79. The summed E-state index contributed by atoms with van der Waals surface area (Å²) in [5.41, 5.74) is 6.37. The number of hydrogen-bond donors (Lipinski definition) is 1. The van der Waals surface area contributed by atoms with Crippen LogP contribution in [0, 0.1) is 0 Å². The van der Waals surface area contributed by atoms with E-state index >= 15 is 0 Å². The Morgan fingerprint density at radius 3 is 2.46 bits per heavy atom. The van der Waals surface area contributed by atoms with Crippen molar-refractivity contribution >= 4 is 40.0 Å². The van der Waals surface area contributed by atoms with E-state index in [-0.39, 0.29) is 10.7 Å². The summed E-state index contributed by atoms with van der Waals surface area (Å²) < 4.78 is 0. The van der Waals surface area contributed by atoms with Crippen molar-refractivity contribution in [1.82, 2.24) is 0 Å². The van der Waals surface area contributed by atoms with Gasteiger partial charge in [-0.3, -0.25) is 15.1 Å². The molecule has 0 fully saturated rings. The van der Waals surface area contributed by atoms with Gasteiger partial charge in [-0.25, -0.2) is 0 Å². The van der Waals surface area contributed by atoms with Crippen LogP contribution < -0.4 is 15.6 Å². The number of nitrogens with zero attached hydrogens (tertiary/aromatic N) is 2. The number of nitrogens with two attached hydrogens (primary N) is 1. The third kappa shape index (κ3) is 2.39. The maximum atomic E-state index is 6.52. The molecule has 2 aromatic rings. The van der Waals surface area contributed by atoms with Crippen molar-refractivity contribution in [3.8, 4) is 0 Å². The zero-order chi connectivity index (χ0) is 16.7. The van der Waals surface area contributed by atoms with E-state index in [2.05, 4.69) is 65.2 Å². The molecule has 1 heterocycles. The fraction of sp³-hybridized carbons (Fsp3) is 0.150. The van der Waals surface area contributed by atoms with Gasteiger partial charge in [0.25, 0.3) is 0 Å². The summed E-state index contributed by atoms with van der Waals surface area (Å²) in [5, 5.41) is 11.2. The van der Waals surface area contributed by atoms with Crippen LogP contribution in [0.15, 0.2) is 46.4 Å². The van der Waals surface area contributed by atoms with Crippen LogP contribution >= 0.6 is 10.7 Å². The molecule has 3 nitrogen and oxygen atoms in total. The van der Waals surface area contributed by atoms with E-state index in [1.807, 2.05) is 0 Å². The molecular weight excluding hydrogens is 314 g/mol. The monoisotopic (exact) mass is 333 g/mol. The second-order valence-corrected chi connectivity index (χ2v) is 7.54. The van der Waals surface area contributed by atoms with Crippen molar-refractivity contribution in [2.45, 2.75) is 19.5 Å². The van der Waals surface area contributed by atoms with Crippen molar-refractivity contribution in [3.63, 3.8) is 0 Å². The first-order valence-corrected chi connectivity index (χ1v) is 9.22. The number of rotatable bonds is 4. The van der Waals surface area contributed by atoms with E-state index in [0.717, 1.165) is 6.42 Å². The van der Waals surface area contributed by atoms with Crippen LogP contribution in [0.4, 0.5) is 0 Å². The van der Waals surface area contributed by atoms with Crippen molar-refractivity contribution in [3.05, 3.63) is 69.1 Å². The second-order valence-electron chi connectivity index (χ2n) is 6.15. The highest BCUT2D eigenvalue weighted by atomic mass is 32.2. The van der Waals surface area contributed by atoms with Gasteiger partial charge in [-0.1, -0.05) is 34.9 Å². The molecule has 4 heteroatoms. The molecule has 120 valence electrons. The van der Waals surface area contributed by atoms with Crippen LogP contribution in [-0.2, 0) is 19.5 Å². The van der Waals surface area contributed by atoms with Gasteiger partial charge in [0.2, 0.25) is 0 Å². The lowest BCUT2D eigenvalue weighted by Crippen LogP contribution is -2.32. The summed E-state index contributed by atoms with van der Waals surface area (Å²) in [4.78, 5) is 9.30. The van der Waals surface area contributed by atoms with Gasteiger partial charge in [-0.05, 0) is 75.7 Å². The first-order chi connectivity index (χ1) is 11.7. The van der Waals surface area contributed by atoms with Gasteiger partial charge in [0.05, 0.1) is 13.1 Å². The van der Waals surface area contributed by atoms with Crippen LogP contribution in [0.3, 0.4) is 0 Å². The van der Waals surface area contributed by atoms with Gasteiger partial charge in [-0.2, -0.15) is 0 Å². The van der Waals surface area contributed by atoms with Crippen LogP contribution in [0.25, 0.3) is 11.0 Å². The minimum atomic E-state index is -0.368. The van der Waals surface area contributed by atoms with Crippen molar-refractivity contribution < 1.29 is 0 Å². The molecule has 2 aliphatic rings. The summed E-state index contributed by atoms with van der Waals surface area (Å²) in [5.74, 6) is 0. The summed E-state index contributed by atoms with van der Waals surface area (Å²) >= 11 is 0. The fourth-order valence-corrected chi connectivity index (χ4v) is 5.03. The molecular formula is C20H19N3S. The molecule has 0 radical (unpaired) electrons. The molecule has 1 aliphatic heterocycles. The summed E-state index contributed by atoms with van der Waals surface area (Å²) in [6, 6.07) is 13.1. The van der Waals surface area contributed by atoms with E-state index in [0.29, 0.717) is 13.1 Å². The molecule has 2 aromatic carbocycles. The molecule has 0 saturated carbocycles. The smallest absolute Gasteiger partial charge is 0.0632 e. The van der Waals surface area contributed by atoms with E-state index in [9.17, 15) is 0 Å². The van der Waals surface area contributed by atoms with E-state index in [1.165, 1.54) is 43.1 Å². The Hall–Kier alpha value is -2.30. The average molecular weight is 333 g/mol. The van der Waals surface area contributed by atoms with Gasteiger partial charge in [0.1, 0.15) is 0 Å². The average Bonchev–Trinajstić information content (AvgIpc) is 2.96. The van der Waals surface area contributed by atoms with Crippen LogP contribution in [0.1, 0.15) is 22.3 Å². The molecule has 0 amide bonds. The molecule has 24 heavy (non-hydrogen) atoms. The topological polar surface area (TPSA) is 50.7 Å².